The van der Waals surface area contributed by atoms with Crippen LogP contribution < -0.4 is 9.16 Å². The quantitative estimate of drug-likeness (QED) is 0.379. The van der Waals surface area contributed by atoms with Gasteiger partial charge in [0.15, 0.2) is 0 Å². The summed E-state index contributed by atoms with van der Waals surface area (Å²) in [5, 5.41) is 0.184. The van der Waals surface area contributed by atoms with Crippen LogP contribution in [0.25, 0.3) is 0 Å². The Morgan fingerprint density at radius 2 is 1.62 bits per heavy atom. The molecule has 0 N–H and O–H groups in total. The third-order valence-electron chi connectivity index (χ3n) is 7.83. The molecule has 1 unspecified atom stereocenters. The van der Waals surface area contributed by atoms with E-state index in [1.54, 1.807) is 0 Å². The van der Waals surface area contributed by atoms with Crippen molar-refractivity contribution in [3.63, 3.8) is 0 Å². The molecule has 164 valence electrons. The van der Waals surface area contributed by atoms with Crippen LogP contribution in [-0.2, 0) is 11.2 Å². The van der Waals surface area contributed by atoms with Gasteiger partial charge in [0.05, 0.1) is 11.7 Å². The Kier molecular flexibility index (Phi) is 5.49. The van der Waals surface area contributed by atoms with Crippen molar-refractivity contribution < 1.29 is 13.9 Å². The van der Waals surface area contributed by atoms with E-state index < -0.39 is 8.32 Å². The summed E-state index contributed by atoms with van der Waals surface area (Å²) in [4.78, 5) is 0. The molecule has 3 nitrogen and oxygen atoms in total. The first-order chi connectivity index (χ1) is 13.1. The van der Waals surface area contributed by atoms with E-state index in [-0.39, 0.29) is 16.2 Å². The maximum atomic E-state index is 6.80. The molecule has 1 aromatic rings. The highest BCUT2D eigenvalue weighted by Crippen LogP contribution is 2.48. The fourth-order valence-electron chi connectivity index (χ4n) is 4.19. The molecule has 3 rings (SSSR count). The first kappa shape index (κ1) is 22.7. The van der Waals surface area contributed by atoms with Crippen LogP contribution in [0, 0.1) is 20.8 Å². The summed E-state index contributed by atoms with van der Waals surface area (Å²) in [6.07, 6.45) is 4.61. The lowest BCUT2D eigenvalue weighted by Crippen LogP contribution is -2.44. The normalized spacial score (nSPS) is 26.0. The third kappa shape index (κ3) is 4.25. The predicted octanol–water partition coefficient (Wildman–Crippen LogP) is 7.04. The van der Waals surface area contributed by atoms with E-state index in [1.165, 1.54) is 22.3 Å². The molecule has 0 spiro atoms. The van der Waals surface area contributed by atoms with Crippen molar-refractivity contribution in [2.45, 2.75) is 123 Å². The van der Waals surface area contributed by atoms with Crippen LogP contribution in [-0.4, -0.2) is 25.6 Å². The van der Waals surface area contributed by atoms with E-state index in [1.807, 2.05) is 0 Å². The predicted molar refractivity (Wildman–Crippen MR) is 124 cm³/mol. The summed E-state index contributed by atoms with van der Waals surface area (Å²) in [6, 6.07) is 0. The van der Waals surface area contributed by atoms with Crippen LogP contribution in [0.2, 0.25) is 18.1 Å². The van der Waals surface area contributed by atoms with Gasteiger partial charge in [0.2, 0.25) is 0 Å². The summed E-state index contributed by atoms with van der Waals surface area (Å²) in [6.45, 7) is 24.8. The Morgan fingerprint density at radius 3 is 2.14 bits per heavy atom. The van der Waals surface area contributed by atoms with Crippen molar-refractivity contribution in [1.82, 2.24) is 0 Å². The summed E-state index contributed by atoms with van der Waals surface area (Å²) in [7, 11) is -1.89. The van der Waals surface area contributed by atoms with Crippen LogP contribution >= 0.6 is 0 Å². The molecular formula is C25H42O3Si. The number of benzene rings is 1. The lowest BCUT2D eigenvalue weighted by Gasteiger charge is -2.41. The molecule has 0 aliphatic carbocycles. The molecule has 2 atom stereocenters. The molecule has 2 heterocycles. The number of hydrogen-bond acceptors (Lipinski definition) is 3. The molecule has 29 heavy (non-hydrogen) atoms. The van der Waals surface area contributed by atoms with Gasteiger partial charge < -0.3 is 13.9 Å². The number of fused-ring (bicyclic) bond motifs is 1. The molecule has 0 amide bonds. The van der Waals surface area contributed by atoms with Crippen LogP contribution in [0.5, 0.6) is 11.5 Å². The van der Waals surface area contributed by atoms with Gasteiger partial charge in [-0.25, -0.2) is 0 Å². The smallest absolute Gasteiger partial charge is 0.250 e. The average molecular weight is 419 g/mol. The zero-order valence-electron chi connectivity index (χ0n) is 20.6. The van der Waals surface area contributed by atoms with Crippen LogP contribution in [0.4, 0.5) is 0 Å². The maximum absolute atomic E-state index is 6.80. The monoisotopic (exact) mass is 418 g/mol. The molecule has 0 saturated carbocycles. The van der Waals surface area contributed by atoms with Crippen LogP contribution in [0.1, 0.15) is 83.1 Å². The SMILES string of the molecule is Cc1c(C)c2c(c(C)c1O[Si](C)(C)C(C)(C)C)CC[C@@](C)(CCC1OC1(C)C)O2. The molecule has 2 aliphatic rings. The van der Waals surface area contributed by atoms with Gasteiger partial charge >= 0.3 is 0 Å². The second kappa shape index (κ2) is 7.02. The highest BCUT2D eigenvalue weighted by Gasteiger charge is 2.48. The standard InChI is InChI=1S/C25H42O3Si/c1-16-17(2)22-19(18(3)21(16)28-29(10,11)23(4,5)6)12-14-25(9,27-22)15-13-20-24(7,8)26-20/h20H,12-15H2,1-11H3/t20?,25-/m0/s1. The van der Waals surface area contributed by atoms with Crippen molar-refractivity contribution in [1.29, 1.82) is 0 Å². The lowest BCUT2D eigenvalue weighted by atomic mass is 9.84. The van der Waals surface area contributed by atoms with Crippen molar-refractivity contribution in [3.8, 4) is 11.5 Å². The topological polar surface area (TPSA) is 31.0 Å². The Bertz CT molecular complexity index is 804. The second-order valence-electron chi connectivity index (χ2n) is 11.7. The molecule has 0 radical (unpaired) electrons. The minimum atomic E-state index is -1.89. The molecular weight excluding hydrogens is 376 g/mol. The lowest BCUT2D eigenvalue weighted by molar-refractivity contribution is 0.0508. The zero-order chi connectivity index (χ0) is 22.0. The Labute approximate surface area is 179 Å². The average Bonchev–Trinajstić information content (AvgIpc) is 3.21. The number of epoxide rings is 1. The van der Waals surface area contributed by atoms with E-state index in [2.05, 4.69) is 75.4 Å². The van der Waals surface area contributed by atoms with Crippen molar-refractivity contribution >= 4 is 8.32 Å². The summed E-state index contributed by atoms with van der Waals surface area (Å²) in [5.74, 6) is 2.21. The molecule has 1 saturated heterocycles. The first-order valence-corrected chi connectivity index (χ1v) is 14.2. The maximum Gasteiger partial charge on any atom is 0.250 e. The minimum absolute atomic E-state index is 0.0576. The fourth-order valence-corrected chi connectivity index (χ4v) is 5.32. The number of hydrogen-bond donors (Lipinski definition) is 0. The van der Waals surface area contributed by atoms with Gasteiger partial charge in [-0.1, -0.05) is 20.8 Å². The number of ether oxygens (including phenoxy) is 2. The molecule has 1 aromatic carbocycles. The van der Waals surface area contributed by atoms with Gasteiger partial charge in [-0.05, 0) is 102 Å². The molecule has 0 aromatic heterocycles. The van der Waals surface area contributed by atoms with Gasteiger partial charge in [0, 0.05) is 5.56 Å². The van der Waals surface area contributed by atoms with Crippen molar-refractivity contribution in [2.24, 2.45) is 0 Å². The van der Waals surface area contributed by atoms with Gasteiger partial charge in [-0.2, -0.15) is 0 Å². The number of rotatable bonds is 5. The van der Waals surface area contributed by atoms with Gasteiger partial charge in [0.25, 0.3) is 8.32 Å². The van der Waals surface area contributed by atoms with Crippen molar-refractivity contribution in [3.05, 3.63) is 22.3 Å². The zero-order valence-corrected chi connectivity index (χ0v) is 21.6. The Hall–Kier alpha value is -1.00. The Morgan fingerprint density at radius 1 is 1.03 bits per heavy atom. The summed E-state index contributed by atoms with van der Waals surface area (Å²) < 4.78 is 19.3. The fraction of sp³-hybridized carbons (Fsp3) is 0.760. The largest absolute Gasteiger partial charge is 0.543 e. The third-order valence-corrected chi connectivity index (χ3v) is 12.2. The van der Waals surface area contributed by atoms with E-state index in [0.29, 0.717) is 6.10 Å². The van der Waals surface area contributed by atoms with Gasteiger partial charge in [-0.3, -0.25) is 0 Å². The van der Waals surface area contributed by atoms with Crippen LogP contribution in [0.15, 0.2) is 0 Å². The van der Waals surface area contributed by atoms with E-state index in [0.717, 1.165) is 37.2 Å². The van der Waals surface area contributed by atoms with Gasteiger partial charge in [-0.15, -0.1) is 0 Å². The van der Waals surface area contributed by atoms with Crippen LogP contribution in [0.3, 0.4) is 0 Å². The van der Waals surface area contributed by atoms with Crippen molar-refractivity contribution in [2.75, 3.05) is 0 Å². The minimum Gasteiger partial charge on any atom is -0.543 e. The molecule has 1 fully saturated rings. The Balaban J connectivity index is 1.87. The van der Waals surface area contributed by atoms with E-state index in [4.69, 9.17) is 13.9 Å². The highest BCUT2D eigenvalue weighted by molar-refractivity contribution is 6.74. The summed E-state index contributed by atoms with van der Waals surface area (Å²) >= 11 is 0. The molecule has 2 aliphatic heterocycles. The second-order valence-corrected chi connectivity index (χ2v) is 16.4. The highest BCUT2D eigenvalue weighted by atomic mass is 28.4. The van der Waals surface area contributed by atoms with E-state index >= 15 is 0 Å². The first-order valence-electron chi connectivity index (χ1n) is 11.3. The summed E-state index contributed by atoms with van der Waals surface area (Å²) in [5.41, 5.74) is 5.06. The molecule has 4 heteroatoms. The molecule has 0 bridgehead atoms. The van der Waals surface area contributed by atoms with E-state index in [9.17, 15) is 0 Å². The van der Waals surface area contributed by atoms with Gasteiger partial charge in [0.1, 0.15) is 17.1 Å².